The fraction of sp³-hybridized carbons (Fsp3) is 0.389. The minimum Gasteiger partial charge on any atom is -0.507 e. The summed E-state index contributed by atoms with van der Waals surface area (Å²) in [6, 6.07) is 3.41. The zero-order valence-corrected chi connectivity index (χ0v) is 14.1. The standard InChI is InChI=1S/C18H20O6/c1-9-5-12-14(8-23-9)17(20)16-13(18(12)24-10(2)19)6-11(21-3)7-15(16)22-4/h6-7,9,20H,5,8H2,1-4H3. The van der Waals surface area contributed by atoms with Crippen molar-refractivity contribution in [3.63, 3.8) is 0 Å². The van der Waals surface area contributed by atoms with E-state index in [2.05, 4.69) is 0 Å². The number of esters is 1. The van der Waals surface area contributed by atoms with Crippen molar-refractivity contribution in [2.75, 3.05) is 14.2 Å². The Morgan fingerprint density at radius 3 is 2.62 bits per heavy atom. The molecular formula is C18H20O6. The summed E-state index contributed by atoms with van der Waals surface area (Å²) in [7, 11) is 3.05. The minimum atomic E-state index is -0.426. The van der Waals surface area contributed by atoms with Crippen LogP contribution in [0.5, 0.6) is 23.0 Å². The van der Waals surface area contributed by atoms with Crippen LogP contribution >= 0.6 is 0 Å². The molecule has 1 aliphatic heterocycles. The molecule has 0 bridgehead atoms. The zero-order chi connectivity index (χ0) is 17.4. The number of benzene rings is 2. The second kappa shape index (κ2) is 6.20. The Balaban J connectivity index is 2.42. The number of hydrogen-bond acceptors (Lipinski definition) is 6. The number of phenols is 1. The van der Waals surface area contributed by atoms with Crippen molar-refractivity contribution in [3.05, 3.63) is 23.3 Å². The van der Waals surface area contributed by atoms with Gasteiger partial charge in [0.05, 0.1) is 32.3 Å². The van der Waals surface area contributed by atoms with Crippen LogP contribution in [0.15, 0.2) is 12.1 Å². The Morgan fingerprint density at radius 1 is 1.25 bits per heavy atom. The molecule has 1 atom stereocenters. The van der Waals surface area contributed by atoms with E-state index in [-0.39, 0.29) is 18.5 Å². The Morgan fingerprint density at radius 2 is 2.00 bits per heavy atom. The number of carbonyl (C=O) groups is 1. The second-order valence-corrected chi connectivity index (χ2v) is 5.81. The van der Waals surface area contributed by atoms with Crippen LogP contribution in [0.25, 0.3) is 10.8 Å². The van der Waals surface area contributed by atoms with Crippen molar-refractivity contribution < 1.29 is 28.8 Å². The van der Waals surface area contributed by atoms with E-state index in [1.165, 1.54) is 14.0 Å². The highest BCUT2D eigenvalue weighted by atomic mass is 16.5. The van der Waals surface area contributed by atoms with Crippen LogP contribution in [0.2, 0.25) is 0 Å². The molecule has 1 unspecified atom stereocenters. The number of fused-ring (bicyclic) bond motifs is 2. The smallest absolute Gasteiger partial charge is 0.308 e. The number of carbonyl (C=O) groups excluding carboxylic acids is 1. The topological polar surface area (TPSA) is 74.2 Å². The van der Waals surface area contributed by atoms with Crippen LogP contribution in [0, 0.1) is 0 Å². The van der Waals surface area contributed by atoms with Crippen LogP contribution in [-0.2, 0) is 22.6 Å². The first kappa shape index (κ1) is 16.4. The number of hydrogen-bond donors (Lipinski definition) is 1. The summed E-state index contributed by atoms with van der Waals surface area (Å²) in [6.45, 7) is 3.54. The summed E-state index contributed by atoms with van der Waals surface area (Å²) in [5, 5.41) is 11.8. The predicted molar refractivity (Wildman–Crippen MR) is 88.0 cm³/mol. The van der Waals surface area contributed by atoms with E-state index in [1.807, 2.05) is 6.92 Å². The summed E-state index contributed by atoms with van der Waals surface area (Å²) < 4.78 is 21.9. The van der Waals surface area contributed by atoms with Crippen LogP contribution in [0.3, 0.4) is 0 Å². The average Bonchev–Trinajstić information content (AvgIpc) is 2.56. The zero-order valence-electron chi connectivity index (χ0n) is 14.1. The summed E-state index contributed by atoms with van der Waals surface area (Å²) in [5.74, 6) is 1.08. The van der Waals surface area contributed by atoms with E-state index in [4.69, 9.17) is 18.9 Å². The van der Waals surface area contributed by atoms with Gasteiger partial charge in [0.25, 0.3) is 0 Å². The Kier molecular flexibility index (Phi) is 4.24. The maximum absolute atomic E-state index is 11.6. The first-order chi connectivity index (χ1) is 11.5. The van der Waals surface area contributed by atoms with E-state index >= 15 is 0 Å². The fourth-order valence-corrected chi connectivity index (χ4v) is 3.09. The number of ether oxygens (including phenoxy) is 4. The summed E-state index contributed by atoms with van der Waals surface area (Å²) in [6.07, 6.45) is 0.511. The van der Waals surface area contributed by atoms with Gasteiger partial charge in [0.2, 0.25) is 0 Å². The van der Waals surface area contributed by atoms with Crippen LogP contribution in [-0.4, -0.2) is 31.4 Å². The number of methoxy groups -OCH3 is 2. The van der Waals surface area contributed by atoms with Crippen molar-refractivity contribution >= 4 is 16.7 Å². The molecule has 1 aliphatic rings. The molecule has 128 valence electrons. The van der Waals surface area contributed by atoms with E-state index in [0.29, 0.717) is 40.0 Å². The molecule has 0 aromatic heterocycles. The molecule has 2 aromatic carbocycles. The van der Waals surface area contributed by atoms with Crippen LogP contribution in [0.1, 0.15) is 25.0 Å². The molecule has 24 heavy (non-hydrogen) atoms. The average molecular weight is 332 g/mol. The summed E-state index contributed by atoms with van der Waals surface area (Å²) >= 11 is 0. The molecule has 0 radical (unpaired) electrons. The van der Waals surface area contributed by atoms with Gasteiger partial charge in [-0.15, -0.1) is 0 Å². The Bertz CT molecular complexity index is 811. The molecular weight excluding hydrogens is 312 g/mol. The van der Waals surface area contributed by atoms with E-state index < -0.39 is 5.97 Å². The molecule has 1 heterocycles. The number of phenolic OH excluding ortho intramolecular Hbond substituents is 1. The van der Waals surface area contributed by atoms with E-state index in [0.717, 1.165) is 5.56 Å². The lowest BCUT2D eigenvalue weighted by molar-refractivity contribution is -0.131. The summed E-state index contributed by atoms with van der Waals surface area (Å²) in [5.41, 5.74) is 1.41. The molecule has 0 fully saturated rings. The van der Waals surface area contributed by atoms with E-state index in [1.54, 1.807) is 19.2 Å². The lowest BCUT2D eigenvalue weighted by Crippen LogP contribution is -2.21. The molecule has 0 saturated heterocycles. The molecule has 0 spiro atoms. The maximum Gasteiger partial charge on any atom is 0.308 e. The van der Waals surface area contributed by atoms with Gasteiger partial charge in [-0.2, -0.15) is 0 Å². The quantitative estimate of drug-likeness (QED) is 0.688. The van der Waals surface area contributed by atoms with Crippen molar-refractivity contribution in [1.82, 2.24) is 0 Å². The predicted octanol–water partition coefficient (Wildman–Crippen LogP) is 2.95. The first-order valence-corrected chi connectivity index (χ1v) is 7.68. The van der Waals surface area contributed by atoms with Gasteiger partial charge < -0.3 is 24.1 Å². The third-order valence-electron chi connectivity index (χ3n) is 4.19. The lowest BCUT2D eigenvalue weighted by Gasteiger charge is -2.27. The van der Waals surface area contributed by atoms with Gasteiger partial charge >= 0.3 is 5.97 Å². The Hall–Kier alpha value is -2.47. The van der Waals surface area contributed by atoms with Crippen molar-refractivity contribution in [1.29, 1.82) is 0 Å². The van der Waals surface area contributed by atoms with Gasteiger partial charge in [-0.25, -0.2) is 0 Å². The minimum absolute atomic E-state index is 0.0313. The SMILES string of the molecule is COc1cc(OC)c2c(O)c3c(c(OC(C)=O)c2c1)CC(C)OC3. The molecule has 1 N–H and O–H groups in total. The van der Waals surface area contributed by atoms with Crippen molar-refractivity contribution in [2.45, 2.75) is 33.0 Å². The van der Waals surface area contributed by atoms with Gasteiger partial charge in [0.1, 0.15) is 23.0 Å². The van der Waals surface area contributed by atoms with Crippen LogP contribution < -0.4 is 14.2 Å². The first-order valence-electron chi connectivity index (χ1n) is 7.68. The van der Waals surface area contributed by atoms with Crippen molar-refractivity contribution in [3.8, 4) is 23.0 Å². The molecule has 6 nitrogen and oxygen atoms in total. The fourth-order valence-electron chi connectivity index (χ4n) is 3.09. The monoisotopic (exact) mass is 332 g/mol. The molecule has 0 saturated carbocycles. The number of aromatic hydroxyl groups is 1. The lowest BCUT2D eigenvalue weighted by atomic mass is 9.92. The highest BCUT2D eigenvalue weighted by Gasteiger charge is 2.28. The van der Waals surface area contributed by atoms with E-state index in [9.17, 15) is 9.90 Å². The second-order valence-electron chi connectivity index (χ2n) is 5.81. The third-order valence-corrected chi connectivity index (χ3v) is 4.19. The molecule has 6 heteroatoms. The molecule has 0 aliphatic carbocycles. The summed E-state index contributed by atoms with van der Waals surface area (Å²) in [4.78, 5) is 11.6. The normalized spacial score (nSPS) is 16.6. The van der Waals surface area contributed by atoms with Gasteiger partial charge in [-0.05, 0) is 13.0 Å². The third kappa shape index (κ3) is 2.63. The molecule has 3 rings (SSSR count). The van der Waals surface area contributed by atoms with Crippen LogP contribution in [0.4, 0.5) is 0 Å². The highest BCUT2D eigenvalue weighted by Crippen LogP contribution is 2.48. The van der Waals surface area contributed by atoms with Crippen molar-refractivity contribution in [2.24, 2.45) is 0 Å². The molecule has 0 amide bonds. The van der Waals surface area contributed by atoms with Gasteiger partial charge in [0.15, 0.2) is 0 Å². The number of rotatable bonds is 3. The van der Waals surface area contributed by atoms with Gasteiger partial charge in [-0.3, -0.25) is 4.79 Å². The van der Waals surface area contributed by atoms with Gasteiger partial charge in [0, 0.05) is 35.9 Å². The maximum atomic E-state index is 11.6. The highest BCUT2D eigenvalue weighted by molar-refractivity contribution is 6.02. The largest absolute Gasteiger partial charge is 0.507 e. The molecule has 2 aromatic rings. The van der Waals surface area contributed by atoms with Gasteiger partial charge in [-0.1, -0.05) is 0 Å². The Labute approximate surface area is 139 Å².